The van der Waals surface area contributed by atoms with Crippen molar-refractivity contribution in [3.63, 3.8) is 0 Å². The van der Waals surface area contributed by atoms with E-state index >= 15 is 0 Å². The number of nitrogens with one attached hydrogen (secondary N) is 2. The predicted octanol–water partition coefficient (Wildman–Crippen LogP) is 2.32. The fraction of sp³-hybridized carbons (Fsp3) is 0.588. The van der Waals surface area contributed by atoms with Crippen molar-refractivity contribution in [2.75, 3.05) is 58.2 Å². The maximum atomic E-state index is 5.90. The molecule has 0 amide bonds. The number of nitrogens with zero attached hydrogens (tertiary/aromatic N) is 2. The topological polar surface area (TPSA) is 48.9 Å². The van der Waals surface area contributed by atoms with Crippen LogP contribution in [-0.4, -0.2) is 69.1 Å². The van der Waals surface area contributed by atoms with Gasteiger partial charge in [0.05, 0.1) is 19.8 Å². The molecule has 1 aliphatic rings. The van der Waals surface area contributed by atoms with Crippen molar-refractivity contribution >= 4 is 29.3 Å². The molecule has 2 rings (SSSR count). The van der Waals surface area contributed by atoms with E-state index in [2.05, 4.69) is 39.6 Å². The lowest BCUT2D eigenvalue weighted by Crippen LogP contribution is -2.40. The van der Waals surface area contributed by atoms with E-state index in [1.807, 2.05) is 23.9 Å². The second-order valence-corrected chi connectivity index (χ2v) is 7.05. The lowest BCUT2D eigenvalue weighted by Gasteiger charge is -2.25. The molecular formula is C17H27ClN4OS. The first-order chi connectivity index (χ1) is 11.8. The lowest BCUT2D eigenvalue weighted by atomic mass is 10.4. The summed E-state index contributed by atoms with van der Waals surface area (Å²) in [7, 11) is 0. The molecule has 1 saturated heterocycles. The zero-order valence-electron chi connectivity index (χ0n) is 14.3. The molecule has 0 atom stereocenters. The van der Waals surface area contributed by atoms with Crippen molar-refractivity contribution in [2.24, 2.45) is 4.99 Å². The van der Waals surface area contributed by atoms with Crippen LogP contribution in [0.1, 0.15) is 6.92 Å². The van der Waals surface area contributed by atoms with Gasteiger partial charge in [-0.15, -0.1) is 11.8 Å². The number of guanidine groups is 1. The molecule has 2 N–H and O–H groups in total. The summed E-state index contributed by atoms with van der Waals surface area (Å²) in [6.07, 6.45) is 0. The van der Waals surface area contributed by atoms with Gasteiger partial charge in [-0.2, -0.15) is 0 Å². The standard InChI is InChI=1S/C17H27ClN4OS/c1-2-19-17(20-7-9-22-10-12-23-13-11-22)21-8-14-24-16-5-3-15(18)4-6-16/h3-6H,2,7-14H2,1H3,(H2,19,20,21). The van der Waals surface area contributed by atoms with Crippen molar-refractivity contribution in [3.05, 3.63) is 29.3 Å². The maximum absolute atomic E-state index is 5.90. The van der Waals surface area contributed by atoms with Crippen LogP contribution in [0.3, 0.4) is 0 Å². The minimum absolute atomic E-state index is 0.777. The molecule has 0 bridgehead atoms. The summed E-state index contributed by atoms with van der Waals surface area (Å²) in [4.78, 5) is 8.28. The third kappa shape index (κ3) is 7.75. The highest BCUT2D eigenvalue weighted by molar-refractivity contribution is 7.99. The number of hydrogen-bond acceptors (Lipinski definition) is 4. The Bertz CT molecular complexity index is 492. The van der Waals surface area contributed by atoms with Crippen LogP contribution in [0.2, 0.25) is 5.02 Å². The highest BCUT2D eigenvalue weighted by Crippen LogP contribution is 2.19. The monoisotopic (exact) mass is 370 g/mol. The van der Waals surface area contributed by atoms with E-state index in [-0.39, 0.29) is 0 Å². The average molecular weight is 371 g/mol. The van der Waals surface area contributed by atoms with Gasteiger partial charge in [0.25, 0.3) is 0 Å². The van der Waals surface area contributed by atoms with Gasteiger partial charge < -0.3 is 15.4 Å². The molecule has 0 saturated carbocycles. The summed E-state index contributed by atoms with van der Waals surface area (Å²) in [5.74, 6) is 1.87. The third-order valence-corrected chi connectivity index (χ3v) is 4.88. The molecule has 1 aliphatic heterocycles. The number of thioether (sulfide) groups is 1. The van der Waals surface area contributed by atoms with Crippen LogP contribution in [0.15, 0.2) is 34.2 Å². The second kappa shape index (κ2) is 11.6. The number of ether oxygens (including phenoxy) is 1. The Morgan fingerprint density at radius 1 is 1.25 bits per heavy atom. The molecule has 24 heavy (non-hydrogen) atoms. The Morgan fingerprint density at radius 2 is 2.00 bits per heavy atom. The van der Waals surface area contributed by atoms with E-state index in [1.165, 1.54) is 4.90 Å². The second-order valence-electron chi connectivity index (χ2n) is 5.44. The largest absolute Gasteiger partial charge is 0.379 e. The zero-order valence-corrected chi connectivity index (χ0v) is 15.8. The number of halogens is 1. The fourth-order valence-electron chi connectivity index (χ4n) is 2.34. The smallest absolute Gasteiger partial charge is 0.191 e. The summed E-state index contributed by atoms with van der Waals surface area (Å²) < 4.78 is 5.36. The van der Waals surface area contributed by atoms with Crippen molar-refractivity contribution in [1.82, 2.24) is 15.5 Å². The Balaban J connectivity index is 1.65. The maximum Gasteiger partial charge on any atom is 0.191 e. The van der Waals surface area contributed by atoms with Gasteiger partial charge in [-0.1, -0.05) is 11.6 Å². The molecule has 1 aromatic rings. The molecule has 134 valence electrons. The molecule has 7 heteroatoms. The summed E-state index contributed by atoms with van der Waals surface area (Å²) >= 11 is 7.71. The van der Waals surface area contributed by atoms with Crippen molar-refractivity contribution in [1.29, 1.82) is 0 Å². The molecule has 5 nitrogen and oxygen atoms in total. The van der Waals surface area contributed by atoms with Crippen LogP contribution in [0, 0.1) is 0 Å². The zero-order chi connectivity index (χ0) is 17.0. The van der Waals surface area contributed by atoms with Crippen LogP contribution in [0.25, 0.3) is 0 Å². The molecule has 0 aromatic heterocycles. The highest BCUT2D eigenvalue weighted by atomic mass is 35.5. The fourth-order valence-corrected chi connectivity index (χ4v) is 3.23. The molecule has 1 heterocycles. The van der Waals surface area contributed by atoms with Gasteiger partial charge >= 0.3 is 0 Å². The van der Waals surface area contributed by atoms with Crippen molar-refractivity contribution in [3.8, 4) is 0 Å². The summed E-state index contributed by atoms with van der Waals surface area (Å²) in [5, 5.41) is 7.46. The third-order valence-electron chi connectivity index (χ3n) is 3.61. The molecule has 0 radical (unpaired) electrons. The lowest BCUT2D eigenvalue weighted by molar-refractivity contribution is 0.0394. The molecule has 0 unspecified atom stereocenters. The van der Waals surface area contributed by atoms with Gasteiger partial charge in [0.1, 0.15) is 0 Å². The Morgan fingerprint density at radius 3 is 2.71 bits per heavy atom. The van der Waals surface area contributed by atoms with Gasteiger partial charge in [-0.3, -0.25) is 9.89 Å². The van der Waals surface area contributed by atoms with Crippen molar-refractivity contribution < 1.29 is 4.74 Å². The Labute approximate surface area is 154 Å². The average Bonchev–Trinajstić information content (AvgIpc) is 2.61. The molecular weight excluding hydrogens is 344 g/mol. The van der Waals surface area contributed by atoms with Gasteiger partial charge in [0, 0.05) is 48.4 Å². The van der Waals surface area contributed by atoms with Crippen LogP contribution in [-0.2, 0) is 4.74 Å². The summed E-state index contributed by atoms with van der Waals surface area (Å²) in [5.41, 5.74) is 0. The van der Waals surface area contributed by atoms with E-state index in [4.69, 9.17) is 16.3 Å². The van der Waals surface area contributed by atoms with E-state index in [9.17, 15) is 0 Å². The SMILES string of the molecule is CCNC(=NCCN1CCOCC1)NCCSc1ccc(Cl)cc1. The van der Waals surface area contributed by atoms with E-state index < -0.39 is 0 Å². The molecule has 0 spiro atoms. The number of hydrogen-bond donors (Lipinski definition) is 2. The predicted molar refractivity (Wildman–Crippen MR) is 103 cm³/mol. The number of rotatable bonds is 8. The van der Waals surface area contributed by atoms with E-state index in [1.54, 1.807) is 0 Å². The molecule has 1 fully saturated rings. The first-order valence-corrected chi connectivity index (χ1v) is 9.85. The van der Waals surface area contributed by atoms with Gasteiger partial charge in [0.2, 0.25) is 0 Å². The minimum atomic E-state index is 0.777. The molecule has 1 aromatic carbocycles. The Kier molecular flexibility index (Phi) is 9.35. The van der Waals surface area contributed by atoms with Crippen LogP contribution < -0.4 is 10.6 Å². The van der Waals surface area contributed by atoms with E-state index in [0.29, 0.717) is 0 Å². The first kappa shape index (κ1) is 19.4. The quantitative estimate of drug-likeness (QED) is 0.318. The van der Waals surface area contributed by atoms with Gasteiger partial charge in [-0.25, -0.2) is 0 Å². The Hall–Kier alpha value is -0.950. The minimum Gasteiger partial charge on any atom is -0.379 e. The van der Waals surface area contributed by atoms with Crippen LogP contribution >= 0.6 is 23.4 Å². The summed E-state index contributed by atoms with van der Waals surface area (Å²) in [6.45, 7) is 9.31. The van der Waals surface area contributed by atoms with Gasteiger partial charge in [0.15, 0.2) is 5.96 Å². The van der Waals surface area contributed by atoms with Crippen LogP contribution in [0.4, 0.5) is 0 Å². The van der Waals surface area contributed by atoms with Crippen molar-refractivity contribution in [2.45, 2.75) is 11.8 Å². The van der Waals surface area contributed by atoms with Crippen LogP contribution in [0.5, 0.6) is 0 Å². The highest BCUT2D eigenvalue weighted by Gasteiger charge is 2.09. The molecule has 0 aliphatic carbocycles. The number of morpholine rings is 1. The normalized spacial score (nSPS) is 16.2. The first-order valence-electron chi connectivity index (χ1n) is 8.48. The van der Waals surface area contributed by atoms with E-state index in [0.717, 1.165) is 69.2 Å². The number of benzene rings is 1. The number of aliphatic imine (C=N–C) groups is 1. The van der Waals surface area contributed by atoms with Gasteiger partial charge in [-0.05, 0) is 31.2 Å². The summed E-state index contributed by atoms with van der Waals surface area (Å²) in [6, 6.07) is 7.95.